The first-order valence-corrected chi connectivity index (χ1v) is 7.62. The van der Waals surface area contributed by atoms with E-state index in [9.17, 15) is 8.42 Å². The topological polar surface area (TPSA) is 71.7 Å². The van der Waals surface area contributed by atoms with E-state index in [1.807, 2.05) is 0 Å². The van der Waals surface area contributed by atoms with E-state index in [0.29, 0.717) is 11.5 Å². The molecule has 1 N–H and O–H groups in total. The predicted molar refractivity (Wildman–Crippen MR) is 75.5 cm³/mol. The van der Waals surface area contributed by atoms with Gasteiger partial charge in [-0.05, 0) is 35.0 Å². The number of nitrogens with one attached hydrogen (secondary N) is 1. The highest BCUT2D eigenvalue weighted by atomic mass is 79.9. The summed E-state index contributed by atoms with van der Waals surface area (Å²) in [7, 11) is -3.64. The lowest BCUT2D eigenvalue weighted by Gasteiger charge is -2.01. The van der Waals surface area contributed by atoms with Crippen molar-refractivity contribution in [2.24, 2.45) is 5.10 Å². The number of aryl methyl sites for hydroxylation is 1. The molecule has 0 bridgehead atoms. The number of nitrogens with zero attached hydrogens (tertiary/aromatic N) is 1. The normalized spacial score (nSPS) is 11.9. The van der Waals surface area contributed by atoms with Crippen molar-refractivity contribution in [1.82, 2.24) is 4.83 Å². The molecule has 1 aromatic heterocycles. The number of furan rings is 1. The fourth-order valence-electron chi connectivity index (χ4n) is 1.36. The molecule has 5 nitrogen and oxygen atoms in total. The van der Waals surface area contributed by atoms with E-state index < -0.39 is 10.0 Å². The summed E-state index contributed by atoms with van der Waals surface area (Å²) in [6.07, 6.45) is 1.30. The van der Waals surface area contributed by atoms with Gasteiger partial charge in [-0.15, -0.1) is 0 Å². The summed E-state index contributed by atoms with van der Waals surface area (Å²) in [5, 5.41) is 3.67. The molecule has 0 radical (unpaired) electrons. The minimum atomic E-state index is -3.64. The van der Waals surface area contributed by atoms with Crippen LogP contribution in [0.3, 0.4) is 0 Å². The Morgan fingerprint density at radius 2 is 2.00 bits per heavy atom. The zero-order valence-corrected chi connectivity index (χ0v) is 12.4. The molecule has 0 atom stereocenters. The zero-order valence-electron chi connectivity index (χ0n) is 10.00. The van der Waals surface area contributed by atoms with Crippen molar-refractivity contribution in [2.75, 3.05) is 0 Å². The molecule has 0 aliphatic heterocycles. The molecule has 7 heteroatoms. The quantitative estimate of drug-likeness (QED) is 0.685. The summed E-state index contributed by atoms with van der Waals surface area (Å²) < 4.78 is 29.8. The molecule has 2 aromatic rings. The molecule has 0 saturated carbocycles. The molecule has 1 heterocycles. The van der Waals surface area contributed by atoms with Gasteiger partial charge in [-0.25, -0.2) is 0 Å². The largest absolute Gasteiger partial charge is 0.459 e. The van der Waals surface area contributed by atoms with Crippen LogP contribution in [-0.4, -0.2) is 14.6 Å². The van der Waals surface area contributed by atoms with E-state index in [4.69, 9.17) is 4.42 Å². The van der Waals surface area contributed by atoms with E-state index in [-0.39, 0.29) is 4.90 Å². The first-order chi connectivity index (χ1) is 8.99. The standard InChI is InChI=1S/C12H11BrN2O3S/c1-9-12(13)7-10(18-9)8-14-15-19(16,17)11-5-3-2-4-6-11/h2-8,15H,1H3/b14-8-. The van der Waals surface area contributed by atoms with Crippen LogP contribution in [-0.2, 0) is 10.0 Å². The number of sulfonamides is 1. The number of hydrazone groups is 1. The highest BCUT2D eigenvalue weighted by molar-refractivity contribution is 9.10. The van der Waals surface area contributed by atoms with Crippen molar-refractivity contribution in [1.29, 1.82) is 0 Å². The van der Waals surface area contributed by atoms with Gasteiger partial charge in [0.2, 0.25) is 0 Å². The summed E-state index contributed by atoms with van der Waals surface area (Å²) >= 11 is 3.29. The average molecular weight is 343 g/mol. The van der Waals surface area contributed by atoms with Gasteiger partial charge >= 0.3 is 0 Å². The minimum Gasteiger partial charge on any atom is -0.459 e. The van der Waals surface area contributed by atoms with Crippen LogP contribution >= 0.6 is 15.9 Å². The number of hydrogen-bond donors (Lipinski definition) is 1. The van der Waals surface area contributed by atoms with Crippen molar-refractivity contribution >= 4 is 32.2 Å². The van der Waals surface area contributed by atoms with Gasteiger partial charge in [0.15, 0.2) is 0 Å². The van der Waals surface area contributed by atoms with E-state index in [0.717, 1.165) is 4.47 Å². The molecule has 100 valence electrons. The first-order valence-electron chi connectivity index (χ1n) is 5.35. The third kappa shape index (κ3) is 3.45. The third-order valence-electron chi connectivity index (χ3n) is 2.29. The Morgan fingerprint density at radius 3 is 2.58 bits per heavy atom. The molecular weight excluding hydrogens is 332 g/mol. The van der Waals surface area contributed by atoms with Crippen LogP contribution in [0.1, 0.15) is 11.5 Å². The Kier molecular flexibility index (Phi) is 4.06. The highest BCUT2D eigenvalue weighted by Crippen LogP contribution is 2.19. The second-order valence-electron chi connectivity index (χ2n) is 3.72. The third-order valence-corrected chi connectivity index (χ3v) is 4.32. The minimum absolute atomic E-state index is 0.156. The second kappa shape index (κ2) is 5.58. The van der Waals surface area contributed by atoms with Crippen LogP contribution in [0.2, 0.25) is 0 Å². The smallest absolute Gasteiger partial charge is 0.276 e. The summed E-state index contributed by atoms with van der Waals surface area (Å²) in [6.45, 7) is 1.79. The first kappa shape index (κ1) is 13.8. The van der Waals surface area contributed by atoms with Crippen molar-refractivity contribution < 1.29 is 12.8 Å². The maximum Gasteiger partial charge on any atom is 0.276 e. The lowest BCUT2D eigenvalue weighted by atomic mass is 10.4. The Balaban J connectivity index is 2.10. The zero-order chi connectivity index (χ0) is 13.9. The predicted octanol–water partition coefficient (Wildman–Crippen LogP) is 2.66. The summed E-state index contributed by atoms with van der Waals surface area (Å²) in [5.74, 6) is 1.16. The van der Waals surface area contributed by atoms with Crippen LogP contribution in [0.5, 0.6) is 0 Å². The van der Waals surface area contributed by atoms with E-state index in [2.05, 4.69) is 25.9 Å². The Hall–Kier alpha value is -1.60. The van der Waals surface area contributed by atoms with Crippen molar-refractivity contribution in [3.63, 3.8) is 0 Å². The lowest BCUT2D eigenvalue weighted by Crippen LogP contribution is -2.18. The molecule has 0 spiro atoms. The number of rotatable bonds is 4. The van der Waals surface area contributed by atoms with Gasteiger partial charge in [0, 0.05) is 6.07 Å². The summed E-state index contributed by atoms with van der Waals surface area (Å²) in [4.78, 5) is 2.28. The van der Waals surface area contributed by atoms with Gasteiger partial charge in [-0.1, -0.05) is 18.2 Å². The van der Waals surface area contributed by atoms with Gasteiger partial charge in [0.1, 0.15) is 11.5 Å². The van der Waals surface area contributed by atoms with E-state index in [1.54, 1.807) is 31.2 Å². The SMILES string of the molecule is Cc1oc(/C=N\NS(=O)(=O)c2ccccc2)cc1Br. The fourth-order valence-corrected chi connectivity index (χ4v) is 2.48. The summed E-state index contributed by atoms with van der Waals surface area (Å²) in [6, 6.07) is 9.72. The molecule has 0 fully saturated rings. The molecular formula is C12H11BrN2O3S. The molecule has 0 saturated heterocycles. The molecule has 0 unspecified atom stereocenters. The number of halogens is 1. The number of benzene rings is 1. The molecule has 19 heavy (non-hydrogen) atoms. The van der Waals surface area contributed by atoms with Gasteiger partial charge in [-0.2, -0.15) is 18.4 Å². The Bertz CT molecular complexity index is 674. The molecule has 0 aliphatic carbocycles. The molecule has 2 rings (SSSR count). The van der Waals surface area contributed by atoms with Crippen molar-refractivity contribution in [3.05, 3.63) is 52.4 Å². The van der Waals surface area contributed by atoms with E-state index >= 15 is 0 Å². The lowest BCUT2D eigenvalue weighted by molar-refractivity contribution is 0.525. The van der Waals surface area contributed by atoms with E-state index in [1.165, 1.54) is 18.3 Å². The maximum absolute atomic E-state index is 11.8. The van der Waals surface area contributed by atoms with Crippen LogP contribution in [0, 0.1) is 6.92 Å². The van der Waals surface area contributed by atoms with Gasteiger partial charge in [-0.3, -0.25) is 0 Å². The highest BCUT2D eigenvalue weighted by Gasteiger charge is 2.11. The van der Waals surface area contributed by atoms with Gasteiger partial charge in [0.25, 0.3) is 10.0 Å². The van der Waals surface area contributed by atoms with Crippen LogP contribution in [0.25, 0.3) is 0 Å². The molecule has 0 amide bonds. The summed E-state index contributed by atoms with van der Waals surface area (Å²) in [5.41, 5.74) is 0. The Morgan fingerprint density at radius 1 is 1.32 bits per heavy atom. The van der Waals surface area contributed by atoms with Crippen LogP contribution < -0.4 is 4.83 Å². The van der Waals surface area contributed by atoms with Crippen molar-refractivity contribution in [2.45, 2.75) is 11.8 Å². The monoisotopic (exact) mass is 342 g/mol. The van der Waals surface area contributed by atoms with Gasteiger partial charge < -0.3 is 4.42 Å². The molecule has 0 aliphatic rings. The van der Waals surface area contributed by atoms with Crippen LogP contribution in [0.4, 0.5) is 0 Å². The van der Waals surface area contributed by atoms with Gasteiger partial charge in [0.05, 0.1) is 15.6 Å². The average Bonchev–Trinajstić information content (AvgIpc) is 2.69. The maximum atomic E-state index is 11.8. The second-order valence-corrected chi connectivity index (χ2v) is 6.23. The fraction of sp³-hybridized carbons (Fsp3) is 0.0833. The van der Waals surface area contributed by atoms with Crippen molar-refractivity contribution in [3.8, 4) is 0 Å². The Labute approximate surface area is 119 Å². The molecule has 1 aromatic carbocycles. The van der Waals surface area contributed by atoms with Crippen LogP contribution in [0.15, 0.2) is 55.3 Å². The number of hydrogen-bond acceptors (Lipinski definition) is 4.